The first-order valence-corrected chi connectivity index (χ1v) is 7.41. The first-order chi connectivity index (χ1) is 10.2. The standard InChI is InChI=1S/C18H20N2O/c1-3-18(21)14-8-10-15(11-9-14)20-13-12-19(2)16-6-4-5-7-17(16)20/h4-11H,3,12-13H2,1-2H3. The number of carbonyl (C=O) groups is 1. The Balaban J connectivity index is 1.94. The van der Waals surface area contributed by atoms with E-state index in [1.165, 1.54) is 11.4 Å². The molecule has 0 spiro atoms. The fourth-order valence-electron chi connectivity index (χ4n) is 2.81. The number of hydrogen-bond donors (Lipinski definition) is 0. The van der Waals surface area contributed by atoms with Crippen LogP contribution < -0.4 is 9.80 Å². The van der Waals surface area contributed by atoms with Crippen molar-refractivity contribution in [2.75, 3.05) is 29.9 Å². The van der Waals surface area contributed by atoms with E-state index in [1.807, 2.05) is 31.2 Å². The summed E-state index contributed by atoms with van der Waals surface area (Å²) >= 11 is 0. The van der Waals surface area contributed by atoms with Gasteiger partial charge in [0.2, 0.25) is 0 Å². The third kappa shape index (κ3) is 2.51. The Kier molecular flexibility index (Phi) is 3.65. The molecular formula is C18H20N2O. The van der Waals surface area contributed by atoms with Crippen molar-refractivity contribution in [1.29, 1.82) is 0 Å². The number of Topliss-reactive ketones (excluding diaryl/α,β-unsaturated/α-hetero) is 1. The van der Waals surface area contributed by atoms with Gasteiger partial charge in [-0.05, 0) is 36.4 Å². The molecule has 0 amide bonds. The average Bonchev–Trinajstić information content (AvgIpc) is 2.55. The molecule has 0 radical (unpaired) electrons. The molecule has 0 saturated carbocycles. The Morgan fingerprint density at radius 1 is 1.00 bits per heavy atom. The Bertz CT molecular complexity index is 649. The maximum absolute atomic E-state index is 11.7. The van der Waals surface area contributed by atoms with Gasteiger partial charge in [0.15, 0.2) is 5.78 Å². The summed E-state index contributed by atoms with van der Waals surface area (Å²) < 4.78 is 0. The molecular weight excluding hydrogens is 260 g/mol. The lowest BCUT2D eigenvalue weighted by Gasteiger charge is -2.37. The van der Waals surface area contributed by atoms with Crippen LogP contribution >= 0.6 is 0 Å². The van der Waals surface area contributed by atoms with Crippen molar-refractivity contribution in [3.8, 4) is 0 Å². The first kappa shape index (κ1) is 13.7. The smallest absolute Gasteiger partial charge is 0.162 e. The largest absolute Gasteiger partial charge is 0.371 e. The monoisotopic (exact) mass is 280 g/mol. The van der Waals surface area contributed by atoms with E-state index in [1.54, 1.807) is 0 Å². The van der Waals surface area contributed by atoms with Crippen LogP contribution in [0.1, 0.15) is 23.7 Å². The van der Waals surface area contributed by atoms with Crippen LogP contribution in [0.5, 0.6) is 0 Å². The van der Waals surface area contributed by atoms with E-state index >= 15 is 0 Å². The molecule has 108 valence electrons. The number of para-hydroxylation sites is 2. The Hall–Kier alpha value is -2.29. The molecule has 0 aromatic heterocycles. The van der Waals surface area contributed by atoms with Gasteiger partial charge in [-0.15, -0.1) is 0 Å². The number of ketones is 1. The number of fused-ring (bicyclic) bond motifs is 1. The number of benzene rings is 2. The van der Waals surface area contributed by atoms with E-state index in [-0.39, 0.29) is 5.78 Å². The summed E-state index contributed by atoms with van der Waals surface area (Å²) in [6.45, 7) is 3.84. The summed E-state index contributed by atoms with van der Waals surface area (Å²) in [6.07, 6.45) is 0.552. The summed E-state index contributed by atoms with van der Waals surface area (Å²) in [7, 11) is 2.12. The Morgan fingerprint density at radius 2 is 1.67 bits per heavy atom. The molecule has 3 nitrogen and oxygen atoms in total. The van der Waals surface area contributed by atoms with Gasteiger partial charge >= 0.3 is 0 Å². The molecule has 0 saturated heterocycles. The molecule has 0 N–H and O–H groups in total. The van der Waals surface area contributed by atoms with Crippen molar-refractivity contribution in [1.82, 2.24) is 0 Å². The maximum atomic E-state index is 11.7. The zero-order chi connectivity index (χ0) is 14.8. The van der Waals surface area contributed by atoms with E-state index in [4.69, 9.17) is 0 Å². The van der Waals surface area contributed by atoms with Crippen LogP contribution in [0, 0.1) is 0 Å². The normalized spacial score (nSPS) is 14.0. The SMILES string of the molecule is CCC(=O)c1ccc(N2CCN(C)c3ccccc32)cc1. The second kappa shape index (κ2) is 5.60. The van der Waals surface area contributed by atoms with Crippen LogP contribution in [-0.4, -0.2) is 25.9 Å². The number of nitrogens with zero attached hydrogens (tertiary/aromatic N) is 2. The van der Waals surface area contributed by atoms with E-state index in [0.29, 0.717) is 6.42 Å². The number of rotatable bonds is 3. The Morgan fingerprint density at radius 3 is 2.33 bits per heavy atom. The molecule has 1 heterocycles. The molecule has 0 bridgehead atoms. The molecule has 0 atom stereocenters. The van der Waals surface area contributed by atoms with E-state index in [9.17, 15) is 4.79 Å². The predicted molar refractivity (Wildman–Crippen MR) is 87.8 cm³/mol. The number of anilines is 3. The number of carbonyl (C=O) groups excluding carboxylic acids is 1. The maximum Gasteiger partial charge on any atom is 0.162 e. The van der Waals surface area contributed by atoms with Gasteiger partial charge in [0, 0.05) is 37.8 Å². The van der Waals surface area contributed by atoms with Crippen molar-refractivity contribution in [3.63, 3.8) is 0 Å². The van der Waals surface area contributed by atoms with Crippen LogP contribution in [-0.2, 0) is 0 Å². The fraction of sp³-hybridized carbons (Fsp3) is 0.278. The lowest BCUT2D eigenvalue weighted by molar-refractivity contribution is 0.0988. The lowest BCUT2D eigenvalue weighted by atomic mass is 10.1. The van der Waals surface area contributed by atoms with Crippen LogP contribution in [0.4, 0.5) is 17.1 Å². The first-order valence-electron chi connectivity index (χ1n) is 7.41. The van der Waals surface area contributed by atoms with Gasteiger partial charge in [0.1, 0.15) is 0 Å². The van der Waals surface area contributed by atoms with E-state index in [2.05, 4.69) is 41.1 Å². The molecule has 2 aromatic rings. The molecule has 3 rings (SSSR count). The predicted octanol–water partition coefficient (Wildman–Crippen LogP) is 3.87. The van der Waals surface area contributed by atoms with E-state index < -0.39 is 0 Å². The highest BCUT2D eigenvalue weighted by Crippen LogP contribution is 2.36. The average molecular weight is 280 g/mol. The van der Waals surface area contributed by atoms with E-state index in [0.717, 1.165) is 24.3 Å². The molecule has 21 heavy (non-hydrogen) atoms. The minimum Gasteiger partial charge on any atom is -0.371 e. The number of hydrogen-bond acceptors (Lipinski definition) is 3. The topological polar surface area (TPSA) is 23.6 Å². The van der Waals surface area contributed by atoms with Gasteiger partial charge in [0.05, 0.1) is 11.4 Å². The van der Waals surface area contributed by atoms with Crippen LogP contribution in [0.25, 0.3) is 0 Å². The summed E-state index contributed by atoms with van der Waals surface area (Å²) in [4.78, 5) is 16.3. The van der Waals surface area contributed by atoms with Gasteiger partial charge in [-0.1, -0.05) is 19.1 Å². The molecule has 1 aliphatic heterocycles. The molecule has 3 heteroatoms. The van der Waals surface area contributed by atoms with Gasteiger partial charge in [-0.3, -0.25) is 4.79 Å². The van der Waals surface area contributed by atoms with Gasteiger partial charge in [-0.25, -0.2) is 0 Å². The summed E-state index contributed by atoms with van der Waals surface area (Å²) in [5.74, 6) is 0.195. The molecule has 2 aromatic carbocycles. The third-order valence-electron chi connectivity index (χ3n) is 4.06. The number of likely N-dealkylation sites (N-methyl/N-ethyl adjacent to an activating group) is 1. The van der Waals surface area contributed by atoms with Crippen LogP contribution in [0.3, 0.4) is 0 Å². The molecule has 0 aliphatic carbocycles. The van der Waals surface area contributed by atoms with Gasteiger partial charge in [-0.2, -0.15) is 0 Å². The minimum atomic E-state index is 0.195. The molecule has 1 aliphatic rings. The van der Waals surface area contributed by atoms with Crippen LogP contribution in [0.2, 0.25) is 0 Å². The van der Waals surface area contributed by atoms with Gasteiger partial charge < -0.3 is 9.80 Å². The quantitative estimate of drug-likeness (QED) is 0.797. The fourth-order valence-corrected chi connectivity index (χ4v) is 2.81. The highest BCUT2D eigenvalue weighted by Gasteiger charge is 2.20. The third-order valence-corrected chi connectivity index (χ3v) is 4.06. The molecule has 0 fully saturated rings. The van der Waals surface area contributed by atoms with Crippen molar-refractivity contribution in [3.05, 3.63) is 54.1 Å². The zero-order valence-corrected chi connectivity index (χ0v) is 12.5. The summed E-state index contributed by atoms with van der Waals surface area (Å²) in [5.41, 5.74) is 4.41. The second-order valence-electron chi connectivity index (χ2n) is 5.39. The van der Waals surface area contributed by atoms with Crippen molar-refractivity contribution >= 4 is 22.8 Å². The molecule has 0 unspecified atom stereocenters. The van der Waals surface area contributed by atoms with Crippen molar-refractivity contribution in [2.24, 2.45) is 0 Å². The lowest BCUT2D eigenvalue weighted by Crippen LogP contribution is -2.36. The Labute approximate surface area is 125 Å². The highest BCUT2D eigenvalue weighted by atomic mass is 16.1. The zero-order valence-electron chi connectivity index (χ0n) is 12.5. The van der Waals surface area contributed by atoms with Crippen molar-refractivity contribution < 1.29 is 4.79 Å². The van der Waals surface area contributed by atoms with Crippen LogP contribution in [0.15, 0.2) is 48.5 Å². The minimum absolute atomic E-state index is 0.195. The van der Waals surface area contributed by atoms with Gasteiger partial charge in [0.25, 0.3) is 0 Å². The summed E-state index contributed by atoms with van der Waals surface area (Å²) in [5, 5.41) is 0. The summed E-state index contributed by atoms with van der Waals surface area (Å²) in [6, 6.07) is 16.4. The van der Waals surface area contributed by atoms with Crippen molar-refractivity contribution in [2.45, 2.75) is 13.3 Å². The second-order valence-corrected chi connectivity index (χ2v) is 5.39. The highest BCUT2D eigenvalue weighted by molar-refractivity contribution is 5.96.